The van der Waals surface area contributed by atoms with Gasteiger partial charge < -0.3 is 15.4 Å². The molecule has 1 aromatic carbocycles. The van der Waals surface area contributed by atoms with E-state index in [0.29, 0.717) is 6.04 Å². The first-order valence-electron chi connectivity index (χ1n) is 10.9. The van der Waals surface area contributed by atoms with Gasteiger partial charge in [0.25, 0.3) is 0 Å². The van der Waals surface area contributed by atoms with Crippen molar-refractivity contribution in [3.8, 4) is 5.75 Å². The lowest BCUT2D eigenvalue weighted by Gasteiger charge is -2.35. The van der Waals surface area contributed by atoms with Crippen molar-refractivity contribution < 1.29 is 4.74 Å². The second-order valence-corrected chi connectivity index (χ2v) is 7.82. The highest BCUT2D eigenvalue weighted by atomic mass is 16.5. The van der Waals surface area contributed by atoms with E-state index in [0.717, 1.165) is 44.3 Å². The fourth-order valence-corrected chi connectivity index (χ4v) is 4.03. The number of aromatic nitrogens is 1. The van der Waals surface area contributed by atoms with Crippen LogP contribution in [0.5, 0.6) is 5.75 Å². The molecule has 1 aromatic heterocycles. The molecule has 2 heterocycles. The standard InChI is InChI=1S/C24H35N5O/c1-19-17-26-13-11-20(19)12-14-27-24(25-2)28-18-23(29-15-5-4-6-16-29)21-7-9-22(30-3)10-8-21/h7-11,13,17,23H,4-6,12,14-16,18H2,1-3H3,(H2,25,27,28). The van der Waals surface area contributed by atoms with Crippen molar-refractivity contribution in [2.75, 3.05) is 40.3 Å². The first kappa shape index (κ1) is 22.1. The van der Waals surface area contributed by atoms with Crippen LogP contribution in [0.1, 0.15) is 42.0 Å². The molecule has 0 amide bonds. The maximum absolute atomic E-state index is 5.34. The average Bonchev–Trinajstić information content (AvgIpc) is 2.80. The van der Waals surface area contributed by atoms with Gasteiger partial charge in [0.1, 0.15) is 5.75 Å². The molecule has 6 nitrogen and oxygen atoms in total. The molecule has 0 saturated carbocycles. The summed E-state index contributed by atoms with van der Waals surface area (Å²) in [5.74, 6) is 1.74. The largest absolute Gasteiger partial charge is 0.497 e. The number of rotatable bonds is 8. The van der Waals surface area contributed by atoms with E-state index in [4.69, 9.17) is 4.74 Å². The summed E-state index contributed by atoms with van der Waals surface area (Å²) in [4.78, 5) is 11.2. The zero-order valence-electron chi connectivity index (χ0n) is 18.5. The van der Waals surface area contributed by atoms with Gasteiger partial charge in [0.2, 0.25) is 0 Å². The van der Waals surface area contributed by atoms with E-state index >= 15 is 0 Å². The molecule has 0 aliphatic carbocycles. The summed E-state index contributed by atoms with van der Waals surface area (Å²) in [6, 6.07) is 10.9. The Balaban J connectivity index is 1.59. The number of aliphatic imine (C=N–C) groups is 1. The number of hydrogen-bond donors (Lipinski definition) is 2. The summed E-state index contributed by atoms with van der Waals surface area (Å²) < 4.78 is 5.34. The van der Waals surface area contributed by atoms with E-state index < -0.39 is 0 Å². The topological polar surface area (TPSA) is 61.8 Å². The van der Waals surface area contributed by atoms with Crippen LogP contribution in [0.2, 0.25) is 0 Å². The summed E-state index contributed by atoms with van der Waals surface area (Å²) in [6.45, 7) is 6.05. The van der Waals surface area contributed by atoms with Crippen LogP contribution in [0.4, 0.5) is 0 Å². The van der Waals surface area contributed by atoms with Gasteiger partial charge in [-0.25, -0.2) is 0 Å². The van der Waals surface area contributed by atoms with Crippen LogP contribution in [-0.2, 0) is 6.42 Å². The molecular weight excluding hydrogens is 374 g/mol. The molecule has 0 spiro atoms. The van der Waals surface area contributed by atoms with Crippen LogP contribution >= 0.6 is 0 Å². The van der Waals surface area contributed by atoms with Gasteiger partial charge in [-0.3, -0.25) is 14.9 Å². The van der Waals surface area contributed by atoms with E-state index in [-0.39, 0.29) is 0 Å². The van der Waals surface area contributed by atoms with Crippen molar-refractivity contribution in [2.24, 2.45) is 4.99 Å². The molecule has 0 radical (unpaired) electrons. The molecule has 6 heteroatoms. The van der Waals surface area contributed by atoms with E-state index in [1.54, 1.807) is 7.11 Å². The molecule has 2 N–H and O–H groups in total. The number of ether oxygens (including phenoxy) is 1. The number of benzene rings is 1. The van der Waals surface area contributed by atoms with Gasteiger partial charge in [0.05, 0.1) is 13.2 Å². The molecule has 1 unspecified atom stereocenters. The zero-order valence-corrected chi connectivity index (χ0v) is 18.5. The Morgan fingerprint density at radius 2 is 1.90 bits per heavy atom. The van der Waals surface area contributed by atoms with Crippen molar-refractivity contribution >= 4 is 5.96 Å². The van der Waals surface area contributed by atoms with Crippen LogP contribution in [-0.4, -0.2) is 56.2 Å². The number of likely N-dealkylation sites (tertiary alicyclic amines) is 1. The van der Waals surface area contributed by atoms with Gasteiger partial charge in [0.15, 0.2) is 5.96 Å². The number of aryl methyl sites for hydroxylation is 1. The molecule has 1 fully saturated rings. The highest BCUT2D eigenvalue weighted by Gasteiger charge is 2.22. The summed E-state index contributed by atoms with van der Waals surface area (Å²) in [6.07, 6.45) is 8.59. The average molecular weight is 410 g/mol. The number of guanidine groups is 1. The van der Waals surface area contributed by atoms with Crippen LogP contribution < -0.4 is 15.4 Å². The molecule has 1 atom stereocenters. The second-order valence-electron chi connectivity index (χ2n) is 7.82. The Morgan fingerprint density at radius 3 is 2.57 bits per heavy atom. The van der Waals surface area contributed by atoms with Crippen LogP contribution in [0, 0.1) is 6.92 Å². The lowest BCUT2D eigenvalue weighted by molar-refractivity contribution is 0.164. The van der Waals surface area contributed by atoms with Gasteiger partial charge in [0, 0.05) is 32.5 Å². The molecule has 0 bridgehead atoms. The Bertz CT molecular complexity index is 799. The molecule has 162 valence electrons. The lowest BCUT2D eigenvalue weighted by atomic mass is 10.0. The quantitative estimate of drug-likeness (QED) is 0.517. The van der Waals surface area contributed by atoms with Crippen molar-refractivity contribution in [1.29, 1.82) is 0 Å². The van der Waals surface area contributed by atoms with Crippen molar-refractivity contribution in [3.63, 3.8) is 0 Å². The van der Waals surface area contributed by atoms with Gasteiger partial charge in [-0.05, 0) is 74.2 Å². The normalized spacial score (nSPS) is 16.2. The Hall–Kier alpha value is -2.60. The second kappa shape index (κ2) is 11.6. The van der Waals surface area contributed by atoms with E-state index in [1.807, 2.05) is 19.4 Å². The maximum Gasteiger partial charge on any atom is 0.191 e. The Morgan fingerprint density at radius 1 is 1.13 bits per heavy atom. The summed E-state index contributed by atoms with van der Waals surface area (Å²) in [7, 11) is 3.54. The summed E-state index contributed by atoms with van der Waals surface area (Å²) >= 11 is 0. The van der Waals surface area contributed by atoms with E-state index in [9.17, 15) is 0 Å². The summed E-state index contributed by atoms with van der Waals surface area (Å²) in [5, 5.41) is 7.00. The minimum atomic E-state index is 0.317. The van der Waals surface area contributed by atoms with Gasteiger partial charge in [-0.15, -0.1) is 0 Å². The van der Waals surface area contributed by atoms with Crippen LogP contribution in [0.25, 0.3) is 0 Å². The molecule has 2 aromatic rings. The van der Waals surface area contributed by atoms with Gasteiger partial charge in [-0.2, -0.15) is 0 Å². The van der Waals surface area contributed by atoms with Crippen LogP contribution in [0.15, 0.2) is 47.7 Å². The third-order valence-corrected chi connectivity index (χ3v) is 5.84. The van der Waals surface area contributed by atoms with Gasteiger partial charge in [-0.1, -0.05) is 18.6 Å². The van der Waals surface area contributed by atoms with E-state index in [2.05, 4.69) is 62.8 Å². The van der Waals surface area contributed by atoms with Crippen molar-refractivity contribution in [3.05, 3.63) is 59.4 Å². The predicted octanol–water partition coefficient (Wildman–Crippen LogP) is 3.33. The molecule has 3 rings (SSSR count). The fourth-order valence-electron chi connectivity index (χ4n) is 4.03. The van der Waals surface area contributed by atoms with Crippen LogP contribution in [0.3, 0.4) is 0 Å². The highest BCUT2D eigenvalue weighted by molar-refractivity contribution is 5.79. The Kier molecular flexibility index (Phi) is 8.51. The van der Waals surface area contributed by atoms with Gasteiger partial charge >= 0.3 is 0 Å². The number of nitrogens with zero attached hydrogens (tertiary/aromatic N) is 3. The molecule has 30 heavy (non-hydrogen) atoms. The predicted molar refractivity (Wildman–Crippen MR) is 123 cm³/mol. The SMILES string of the molecule is CN=C(NCCc1ccncc1C)NCC(c1ccc(OC)cc1)N1CCCCC1. The number of hydrogen-bond acceptors (Lipinski definition) is 4. The number of methoxy groups -OCH3 is 1. The molecule has 1 aliphatic heterocycles. The number of pyridine rings is 1. The molecule has 1 saturated heterocycles. The Labute approximate surface area is 180 Å². The minimum Gasteiger partial charge on any atom is -0.497 e. The monoisotopic (exact) mass is 409 g/mol. The van der Waals surface area contributed by atoms with Crippen molar-refractivity contribution in [1.82, 2.24) is 20.5 Å². The minimum absolute atomic E-state index is 0.317. The number of piperidine rings is 1. The summed E-state index contributed by atoms with van der Waals surface area (Å²) in [5.41, 5.74) is 3.86. The zero-order chi connectivity index (χ0) is 21.2. The van der Waals surface area contributed by atoms with Crippen molar-refractivity contribution in [2.45, 2.75) is 38.6 Å². The lowest BCUT2D eigenvalue weighted by Crippen LogP contribution is -2.44. The fraction of sp³-hybridized carbons (Fsp3) is 0.500. The molecule has 1 aliphatic rings. The smallest absolute Gasteiger partial charge is 0.191 e. The first-order chi connectivity index (χ1) is 14.7. The third-order valence-electron chi connectivity index (χ3n) is 5.84. The maximum atomic E-state index is 5.34. The molecular formula is C24H35N5O. The number of nitrogens with one attached hydrogen (secondary N) is 2. The first-order valence-corrected chi connectivity index (χ1v) is 10.9. The third kappa shape index (κ3) is 6.20. The highest BCUT2D eigenvalue weighted by Crippen LogP contribution is 2.25. The van der Waals surface area contributed by atoms with E-state index in [1.165, 1.54) is 36.0 Å².